The van der Waals surface area contributed by atoms with Crippen LogP contribution in [-0.4, -0.2) is 8.07 Å². The molecule has 0 spiro atoms. The molecule has 3 rings (SSSR count). The SMILES string of the molecule is Cc1ccccc1P(Cc1cc([Si](C)(C)C)ccc1C(P)(C(C)(C)C)C(C)(C)C)c1ccccc1C. The zero-order valence-electron chi connectivity index (χ0n) is 24.6. The Labute approximate surface area is 226 Å². The summed E-state index contributed by atoms with van der Waals surface area (Å²) in [6.45, 7) is 26.4. The molecular formula is C33H48P2Si. The van der Waals surface area contributed by atoms with Crippen molar-refractivity contribution >= 4 is 41.0 Å². The van der Waals surface area contributed by atoms with Crippen molar-refractivity contribution in [1.29, 1.82) is 0 Å². The van der Waals surface area contributed by atoms with Gasteiger partial charge in [0.15, 0.2) is 0 Å². The molecule has 0 saturated heterocycles. The zero-order chi connectivity index (χ0) is 27.1. The summed E-state index contributed by atoms with van der Waals surface area (Å²) in [5.41, 5.74) is 6.01. The van der Waals surface area contributed by atoms with Crippen LogP contribution < -0.4 is 15.8 Å². The van der Waals surface area contributed by atoms with Crippen LogP contribution in [0.4, 0.5) is 0 Å². The Morgan fingerprint density at radius 2 is 1.14 bits per heavy atom. The second kappa shape index (κ2) is 10.5. The van der Waals surface area contributed by atoms with Crippen molar-refractivity contribution in [3.05, 3.63) is 89.0 Å². The maximum Gasteiger partial charge on any atom is 0.0776 e. The van der Waals surface area contributed by atoms with Crippen LogP contribution in [0.15, 0.2) is 66.7 Å². The first kappa shape index (κ1) is 29.3. The Bertz CT molecular complexity index is 1150. The second-order valence-electron chi connectivity index (χ2n) is 13.6. The third-order valence-corrected chi connectivity index (χ3v) is 14.8. The van der Waals surface area contributed by atoms with Crippen LogP contribution >= 0.6 is 17.2 Å². The van der Waals surface area contributed by atoms with Gasteiger partial charge >= 0.3 is 0 Å². The van der Waals surface area contributed by atoms with E-state index in [9.17, 15) is 0 Å². The molecule has 0 heterocycles. The van der Waals surface area contributed by atoms with E-state index in [1.54, 1.807) is 5.19 Å². The van der Waals surface area contributed by atoms with Gasteiger partial charge in [0.2, 0.25) is 0 Å². The fraction of sp³-hybridized carbons (Fsp3) is 0.455. The van der Waals surface area contributed by atoms with Crippen LogP contribution in [0.1, 0.15) is 63.8 Å². The van der Waals surface area contributed by atoms with Crippen LogP contribution in [0.2, 0.25) is 19.6 Å². The summed E-state index contributed by atoms with van der Waals surface area (Å²) in [5.74, 6) is 0. The Hall–Kier alpha value is -1.26. The molecule has 0 radical (unpaired) electrons. The molecule has 3 aromatic rings. The molecule has 0 bridgehead atoms. The van der Waals surface area contributed by atoms with E-state index in [2.05, 4.69) is 151 Å². The van der Waals surface area contributed by atoms with Gasteiger partial charge in [-0.3, -0.25) is 0 Å². The number of benzene rings is 3. The number of hydrogen-bond acceptors (Lipinski definition) is 0. The lowest BCUT2D eigenvalue weighted by molar-refractivity contribution is 0.139. The highest BCUT2D eigenvalue weighted by atomic mass is 31.1. The predicted octanol–water partition coefficient (Wildman–Crippen LogP) is 8.64. The minimum absolute atomic E-state index is 0.0637. The molecule has 3 heteroatoms. The fourth-order valence-corrected chi connectivity index (χ4v) is 9.92. The van der Waals surface area contributed by atoms with Crippen molar-refractivity contribution in [1.82, 2.24) is 0 Å². The van der Waals surface area contributed by atoms with E-state index in [1.807, 2.05) is 0 Å². The van der Waals surface area contributed by atoms with E-state index < -0.39 is 16.0 Å². The van der Waals surface area contributed by atoms with Gasteiger partial charge in [0.25, 0.3) is 0 Å². The lowest BCUT2D eigenvalue weighted by Crippen LogP contribution is -2.46. The first-order chi connectivity index (χ1) is 16.5. The predicted molar refractivity (Wildman–Crippen MR) is 172 cm³/mol. The summed E-state index contributed by atoms with van der Waals surface area (Å²) in [6.07, 6.45) is 1.07. The van der Waals surface area contributed by atoms with Gasteiger partial charge in [-0.15, -0.1) is 9.24 Å². The van der Waals surface area contributed by atoms with Crippen molar-refractivity contribution in [3.63, 3.8) is 0 Å². The Morgan fingerprint density at radius 3 is 1.53 bits per heavy atom. The Kier molecular flexibility index (Phi) is 8.53. The van der Waals surface area contributed by atoms with Crippen molar-refractivity contribution in [3.8, 4) is 0 Å². The summed E-state index contributed by atoms with van der Waals surface area (Å²) < 4.78 is 0. The van der Waals surface area contributed by atoms with Gasteiger partial charge in [-0.25, -0.2) is 0 Å². The maximum absolute atomic E-state index is 3.36. The van der Waals surface area contributed by atoms with Crippen LogP contribution in [0.25, 0.3) is 0 Å². The van der Waals surface area contributed by atoms with Gasteiger partial charge in [-0.05, 0) is 65.5 Å². The van der Waals surface area contributed by atoms with Crippen LogP contribution in [0.5, 0.6) is 0 Å². The molecule has 0 N–H and O–H groups in total. The summed E-state index contributed by atoms with van der Waals surface area (Å²) in [5, 5.41) is 4.51. The normalized spacial score (nSPS) is 13.4. The van der Waals surface area contributed by atoms with Crippen molar-refractivity contribution in [2.24, 2.45) is 10.8 Å². The second-order valence-corrected chi connectivity index (χ2v) is 21.7. The average Bonchev–Trinajstić information content (AvgIpc) is 2.76. The molecule has 0 aromatic heterocycles. The molecule has 3 aromatic carbocycles. The monoisotopic (exact) mass is 534 g/mol. The summed E-state index contributed by atoms with van der Waals surface area (Å²) in [4.78, 5) is 0. The molecule has 194 valence electrons. The smallest absolute Gasteiger partial charge is 0.0776 e. The zero-order valence-corrected chi connectivity index (χ0v) is 27.6. The number of aryl methyl sites for hydroxylation is 2. The van der Waals surface area contributed by atoms with Gasteiger partial charge < -0.3 is 0 Å². The molecule has 0 amide bonds. The minimum atomic E-state index is -1.47. The molecule has 0 aliphatic carbocycles. The fourth-order valence-electron chi connectivity index (χ4n) is 5.71. The van der Waals surface area contributed by atoms with Crippen LogP contribution in [0.3, 0.4) is 0 Å². The van der Waals surface area contributed by atoms with Gasteiger partial charge in [0, 0.05) is 11.3 Å². The highest BCUT2D eigenvalue weighted by Crippen LogP contribution is 2.59. The largest absolute Gasteiger partial charge is 0.125 e. The summed E-state index contributed by atoms with van der Waals surface area (Å²) in [7, 11) is 1.34. The van der Waals surface area contributed by atoms with Gasteiger partial charge in [-0.2, -0.15) is 0 Å². The van der Waals surface area contributed by atoms with Crippen molar-refractivity contribution < 1.29 is 0 Å². The molecule has 0 saturated carbocycles. The van der Waals surface area contributed by atoms with Crippen molar-refractivity contribution in [2.75, 3.05) is 0 Å². The quantitative estimate of drug-likeness (QED) is 0.219. The Balaban J connectivity index is 2.35. The van der Waals surface area contributed by atoms with Gasteiger partial charge in [0.05, 0.1) is 8.07 Å². The Morgan fingerprint density at radius 1 is 0.694 bits per heavy atom. The molecule has 0 aliphatic heterocycles. The van der Waals surface area contributed by atoms with E-state index in [0.29, 0.717) is 0 Å². The summed E-state index contributed by atoms with van der Waals surface area (Å²) in [6, 6.07) is 25.7. The third-order valence-electron chi connectivity index (χ3n) is 7.90. The van der Waals surface area contributed by atoms with Gasteiger partial charge in [0.1, 0.15) is 0 Å². The van der Waals surface area contributed by atoms with E-state index in [4.69, 9.17) is 0 Å². The standard InChI is InChI=1S/C33H48P2Si/c1-24-16-12-14-18-29(24)35(30-19-15-13-17-25(30)2)23-26-22-27(36(9,10)11)20-21-28(26)33(34,31(3,4)5)32(6,7)8/h12-22H,23,34H2,1-11H3. The summed E-state index contributed by atoms with van der Waals surface area (Å²) >= 11 is 0. The average molecular weight is 535 g/mol. The number of rotatable bonds is 6. The van der Waals surface area contributed by atoms with E-state index in [1.165, 1.54) is 32.9 Å². The molecule has 36 heavy (non-hydrogen) atoms. The highest BCUT2D eigenvalue weighted by molar-refractivity contribution is 7.72. The highest BCUT2D eigenvalue weighted by Gasteiger charge is 2.49. The lowest BCUT2D eigenvalue weighted by atomic mass is 9.62. The minimum Gasteiger partial charge on any atom is -0.125 e. The molecule has 1 atom stereocenters. The molecule has 0 fully saturated rings. The molecule has 1 unspecified atom stereocenters. The van der Waals surface area contributed by atoms with Gasteiger partial charge in [-0.1, -0.05) is 133 Å². The van der Waals surface area contributed by atoms with E-state index in [0.717, 1.165) is 6.16 Å². The van der Waals surface area contributed by atoms with Crippen molar-refractivity contribution in [2.45, 2.75) is 86.3 Å². The van der Waals surface area contributed by atoms with Crippen LogP contribution in [-0.2, 0) is 11.3 Å². The van der Waals surface area contributed by atoms with E-state index >= 15 is 0 Å². The van der Waals surface area contributed by atoms with Crippen LogP contribution in [0, 0.1) is 24.7 Å². The lowest BCUT2D eigenvalue weighted by Gasteiger charge is -2.52. The topological polar surface area (TPSA) is 0 Å². The molecular weight excluding hydrogens is 486 g/mol. The molecule has 0 aliphatic rings. The molecule has 0 nitrogen and oxygen atoms in total. The maximum atomic E-state index is 3.36. The first-order valence-corrected chi connectivity index (χ1v) is 18.9. The third kappa shape index (κ3) is 5.75. The number of hydrogen-bond donors (Lipinski definition) is 0. The van der Waals surface area contributed by atoms with E-state index in [-0.39, 0.29) is 16.0 Å². The first-order valence-electron chi connectivity index (χ1n) is 13.3.